The van der Waals surface area contributed by atoms with Gasteiger partial charge in [-0.05, 0) is 37.9 Å². The van der Waals surface area contributed by atoms with E-state index in [4.69, 9.17) is 0 Å². The van der Waals surface area contributed by atoms with Gasteiger partial charge in [-0.25, -0.2) is 0 Å². The average Bonchev–Trinajstić information content (AvgIpc) is 3.18. The fraction of sp³-hybridized carbons (Fsp3) is 0.577. The van der Waals surface area contributed by atoms with Gasteiger partial charge in [0.2, 0.25) is 11.8 Å². The van der Waals surface area contributed by atoms with Crippen LogP contribution in [0.15, 0.2) is 18.2 Å². The third kappa shape index (κ3) is 7.83. The number of piperazine rings is 1. The van der Waals surface area contributed by atoms with Crippen molar-refractivity contribution in [3.05, 3.63) is 29.3 Å². The Labute approximate surface area is 217 Å². The highest BCUT2D eigenvalue weighted by atomic mass is 16.2. The van der Waals surface area contributed by atoms with Gasteiger partial charge in [-0.2, -0.15) is 0 Å². The Bertz CT molecular complexity index is 978. The summed E-state index contributed by atoms with van der Waals surface area (Å²) in [5.74, 6) is -1.69. The van der Waals surface area contributed by atoms with E-state index >= 15 is 0 Å². The summed E-state index contributed by atoms with van der Waals surface area (Å²) in [6, 6.07) is 3.72. The molecule has 1 aromatic carbocycles. The molecule has 11 heteroatoms. The zero-order chi connectivity index (χ0) is 26.6. The van der Waals surface area contributed by atoms with Crippen molar-refractivity contribution in [2.24, 2.45) is 0 Å². The van der Waals surface area contributed by atoms with Crippen molar-refractivity contribution >= 4 is 35.6 Å². The molecule has 1 unspecified atom stereocenters. The number of nitrogens with one attached hydrogen (secondary N) is 4. The third-order valence-electron chi connectivity index (χ3n) is 6.75. The van der Waals surface area contributed by atoms with E-state index in [1.807, 2.05) is 0 Å². The quantitative estimate of drug-likeness (QED) is 0.150. The summed E-state index contributed by atoms with van der Waals surface area (Å²) in [5.41, 5.74) is 0.664. The predicted molar refractivity (Wildman–Crippen MR) is 139 cm³/mol. The minimum Gasteiger partial charge on any atom is -0.375 e. The van der Waals surface area contributed by atoms with Crippen LogP contribution in [0, 0.1) is 0 Å². The first-order valence-electron chi connectivity index (χ1n) is 13.1. The normalized spacial score (nSPS) is 16.3. The molecule has 2 heterocycles. The Hall–Kier alpha value is -3.31. The van der Waals surface area contributed by atoms with Gasteiger partial charge in [-0.1, -0.05) is 18.9 Å². The minimum atomic E-state index is -1.04. The van der Waals surface area contributed by atoms with Gasteiger partial charge in [0.15, 0.2) is 0 Å². The molecule has 37 heavy (non-hydrogen) atoms. The van der Waals surface area contributed by atoms with Crippen LogP contribution in [0.3, 0.4) is 0 Å². The molecule has 1 saturated heterocycles. The van der Waals surface area contributed by atoms with Crippen LogP contribution in [-0.4, -0.2) is 98.6 Å². The van der Waals surface area contributed by atoms with Crippen molar-refractivity contribution in [2.75, 3.05) is 58.2 Å². The van der Waals surface area contributed by atoms with Crippen molar-refractivity contribution in [2.45, 2.75) is 44.6 Å². The van der Waals surface area contributed by atoms with Crippen molar-refractivity contribution in [3.63, 3.8) is 0 Å². The molecule has 0 bridgehead atoms. The number of benzene rings is 1. The Morgan fingerprint density at radius 3 is 2.54 bits per heavy atom. The molecule has 11 nitrogen and oxygen atoms in total. The molecule has 0 aromatic heterocycles. The molecule has 2 aliphatic rings. The molecule has 1 atom stereocenters. The molecule has 0 aliphatic carbocycles. The van der Waals surface area contributed by atoms with E-state index in [9.17, 15) is 24.0 Å². The van der Waals surface area contributed by atoms with Crippen LogP contribution in [0.4, 0.5) is 5.69 Å². The van der Waals surface area contributed by atoms with Crippen molar-refractivity contribution < 1.29 is 24.0 Å². The van der Waals surface area contributed by atoms with Crippen LogP contribution in [-0.2, 0) is 14.4 Å². The smallest absolute Gasteiger partial charge is 0.264 e. The van der Waals surface area contributed by atoms with Gasteiger partial charge in [-0.3, -0.25) is 24.1 Å². The van der Waals surface area contributed by atoms with Crippen LogP contribution in [0.25, 0.3) is 0 Å². The third-order valence-corrected chi connectivity index (χ3v) is 6.75. The summed E-state index contributed by atoms with van der Waals surface area (Å²) in [6.45, 7) is 6.01. The molecule has 4 amide bonds. The molecule has 1 aromatic rings. The Balaban J connectivity index is 1.43. The molecule has 3 rings (SSSR count). The summed E-state index contributed by atoms with van der Waals surface area (Å²) in [5, 5.41) is 11.6. The van der Waals surface area contributed by atoms with E-state index in [0.29, 0.717) is 18.5 Å². The van der Waals surface area contributed by atoms with Gasteiger partial charge < -0.3 is 31.0 Å². The zero-order valence-electron chi connectivity index (χ0n) is 21.5. The highest BCUT2D eigenvalue weighted by Crippen LogP contribution is 2.31. The molecule has 0 saturated carbocycles. The largest absolute Gasteiger partial charge is 0.375 e. The summed E-state index contributed by atoms with van der Waals surface area (Å²) in [7, 11) is 1.48. The highest BCUT2D eigenvalue weighted by molar-refractivity contribution is 6.24. The lowest BCUT2D eigenvalue weighted by atomic mass is 10.1. The topological polar surface area (TPSA) is 140 Å². The van der Waals surface area contributed by atoms with Gasteiger partial charge in [0, 0.05) is 51.9 Å². The maximum Gasteiger partial charge on any atom is 0.264 e. The van der Waals surface area contributed by atoms with Crippen molar-refractivity contribution in [1.82, 2.24) is 25.8 Å². The molecular formula is C26H38N6O5. The standard InChI is InChI=1S/C26H38N6O5/c1-27-22(34)10-9-19(18-33)32-25(36)20-7-6-8-21(24(20)26(32)37)30-17-23(35)29-11-4-2-3-5-14-31-15-12-28-13-16-31/h6-8,18-19,28,30H,2-5,9-17H2,1H3,(H,27,34)(H,29,35). The number of carbonyl (C=O) groups is 5. The number of fused-ring (bicyclic) bond motifs is 1. The number of amides is 4. The lowest BCUT2D eigenvalue weighted by Crippen LogP contribution is -2.43. The summed E-state index contributed by atoms with van der Waals surface area (Å²) in [4.78, 5) is 64.9. The first kappa shape index (κ1) is 28.3. The van der Waals surface area contributed by atoms with Gasteiger partial charge in [0.1, 0.15) is 6.29 Å². The van der Waals surface area contributed by atoms with E-state index in [1.165, 1.54) is 13.1 Å². The maximum atomic E-state index is 13.1. The molecule has 0 spiro atoms. The fourth-order valence-electron chi connectivity index (χ4n) is 4.63. The molecule has 4 N–H and O–H groups in total. The Kier molecular flexibility index (Phi) is 11.0. The van der Waals surface area contributed by atoms with Gasteiger partial charge in [0.25, 0.3) is 11.8 Å². The van der Waals surface area contributed by atoms with Crippen LogP contribution in [0.5, 0.6) is 0 Å². The maximum absolute atomic E-state index is 13.1. The lowest BCUT2D eigenvalue weighted by molar-refractivity contribution is -0.121. The number of imide groups is 1. The van der Waals surface area contributed by atoms with Gasteiger partial charge >= 0.3 is 0 Å². The predicted octanol–water partition coefficient (Wildman–Crippen LogP) is 0.370. The van der Waals surface area contributed by atoms with E-state index in [-0.39, 0.29) is 42.3 Å². The number of hydrogen-bond donors (Lipinski definition) is 4. The van der Waals surface area contributed by atoms with Gasteiger partial charge in [-0.15, -0.1) is 0 Å². The van der Waals surface area contributed by atoms with Crippen LogP contribution < -0.4 is 21.3 Å². The number of nitrogens with zero attached hydrogens (tertiary/aromatic N) is 2. The minimum absolute atomic E-state index is 0.00868. The van der Waals surface area contributed by atoms with E-state index in [1.54, 1.807) is 12.1 Å². The first-order chi connectivity index (χ1) is 18.0. The van der Waals surface area contributed by atoms with Crippen molar-refractivity contribution in [3.8, 4) is 0 Å². The second-order valence-electron chi connectivity index (χ2n) is 9.33. The summed E-state index contributed by atoms with van der Waals surface area (Å²) < 4.78 is 0. The summed E-state index contributed by atoms with van der Waals surface area (Å²) >= 11 is 0. The van der Waals surface area contributed by atoms with Crippen LogP contribution in [0.2, 0.25) is 0 Å². The molecule has 1 fully saturated rings. The number of aldehydes is 1. The fourth-order valence-corrected chi connectivity index (χ4v) is 4.63. The number of rotatable bonds is 15. The van der Waals surface area contributed by atoms with Crippen LogP contribution >= 0.6 is 0 Å². The number of hydrogen-bond acceptors (Lipinski definition) is 8. The molecular weight excluding hydrogens is 476 g/mol. The average molecular weight is 515 g/mol. The Morgan fingerprint density at radius 1 is 1.05 bits per heavy atom. The summed E-state index contributed by atoms with van der Waals surface area (Å²) in [6.07, 6.45) is 4.80. The second-order valence-corrected chi connectivity index (χ2v) is 9.33. The highest BCUT2D eigenvalue weighted by Gasteiger charge is 2.41. The monoisotopic (exact) mass is 514 g/mol. The number of unbranched alkanes of at least 4 members (excludes halogenated alkanes) is 3. The van der Waals surface area contributed by atoms with Gasteiger partial charge in [0.05, 0.1) is 23.7 Å². The Morgan fingerprint density at radius 2 is 1.81 bits per heavy atom. The van der Waals surface area contributed by atoms with Crippen molar-refractivity contribution in [1.29, 1.82) is 0 Å². The van der Waals surface area contributed by atoms with Crippen LogP contribution in [0.1, 0.15) is 59.2 Å². The SMILES string of the molecule is CNC(=O)CCC(C=O)N1C(=O)c2cccc(NCC(=O)NCCCCCCN3CCNCC3)c2C1=O. The van der Waals surface area contributed by atoms with E-state index in [2.05, 4.69) is 26.2 Å². The second kappa shape index (κ2) is 14.4. The lowest BCUT2D eigenvalue weighted by Gasteiger charge is -2.27. The molecule has 2 aliphatic heterocycles. The zero-order valence-corrected chi connectivity index (χ0v) is 21.5. The number of carbonyl (C=O) groups excluding carboxylic acids is 5. The van der Waals surface area contributed by atoms with E-state index in [0.717, 1.165) is 63.3 Å². The molecule has 0 radical (unpaired) electrons. The molecule has 202 valence electrons. The van der Waals surface area contributed by atoms with E-state index < -0.39 is 17.9 Å². The number of anilines is 1. The first-order valence-corrected chi connectivity index (χ1v) is 13.1.